The number of ether oxygens (including phenoxy) is 1. The molecule has 3 nitrogen and oxygen atoms in total. The minimum Gasteiger partial charge on any atom is -0.497 e. The second-order valence-corrected chi connectivity index (χ2v) is 12.7. The van der Waals surface area contributed by atoms with E-state index in [0.29, 0.717) is 5.56 Å². The third-order valence-corrected chi connectivity index (χ3v) is 9.46. The third kappa shape index (κ3) is 5.23. The molecule has 4 heteroatoms. The van der Waals surface area contributed by atoms with Gasteiger partial charge in [-0.05, 0) is 48.5 Å². The van der Waals surface area contributed by atoms with E-state index in [4.69, 9.17) is 9.16 Å². The molecule has 0 fully saturated rings. The first-order chi connectivity index (χ1) is 12.7. The van der Waals surface area contributed by atoms with Gasteiger partial charge < -0.3 is 9.16 Å². The molecule has 1 unspecified atom stereocenters. The fourth-order valence-corrected chi connectivity index (χ4v) is 3.42. The Kier molecular flexibility index (Phi) is 6.49. The van der Waals surface area contributed by atoms with Gasteiger partial charge >= 0.3 is 0 Å². The third-order valence-electron chi connectivity index (χ3n) is 5.02. The summed E-state index contributed by atoms with van der Waals surface area (Å²) in [5, 5.41) is 9.56. The van der Waals surface area contributed by atoms with Gasteiger partial charge in [-0.25, -0.2) is 0 Å². The van der Waals surface area contributed by atoms with Crippen LogP contribution in [-0.4, -0.2) is 15.4 Å². The van der Waals surface area contributed by atoms with E-state index in [1.165, 1.54) is 0 Å². The molecule has 140 valence electrons. The minimum atomic E-state index is -2.07. The van der Waals surface area contributed by atoms with Crippen molar-refractivity contribution in [3.8, 4) is 23.7 Å². The highest BCUT2D eigenvalue weighted by Gasteiger charge is 2.39. The van der Waals surface area contributed by atoms with Crippen LogP contribution in [0.5, 0.6) is 5.75 Å². The van der Waals surface area contributed by atoms with Crippen LogP contribution in [0, 0.1) is 23.2 Å². The van der Waals surface area contributed by atoms with E-state index < -0.39 is 14.4 Å². The first-order valence-corrected chi connectivity index (χ1v) is 11.9. The van der Waals surface area contributed by atoms with E-state index in [-0.39, 0.29) is 5.04 Å². The number of nitriles is 1. The number of methoxy groups -OCH3 is 1. The summed E-state index contributed by atoms with van der Waals surface area (Å²) in [7, 11) is -0.430. The predicted octanol–water partition coefficient (Wildman–Crippen LogP) is 5.68. The van der Waals surface area contributed by atoms with Gasteiger partial charge in [0.05, 0.1) is 18.7 Å². The van der Waals surface area contributed by atoms with Crippen LogP contribution in [0.1, 0.15) is 43.6 Å². The lowest BCUT2D eigenvalue weighted by Crippen LogP contribution is -2.41. The van der Waals surface area contributed by atoms with Gasteiger partial charge in [0.1, 0.15) is 11.9 Å². The van der Waals surface area contributed by atoms with Crippen LogP contribution in [0.4, 0.5) is 0 Å². The number of hydrogen-bond acceptors (Lipinski definition) is 3. The molecule has 0 aliphatic rings. The molecule has 0 radical (unpaired) electrons. The summed E-state index contributed by atoms with van der Waals surface area (Å²) in [6.07, 6.45) is -0.441. The molecule has 2 rings (SSSR count). The van der Waals surface area contributed by atoms with E-state index in [9.17, 15) is 5.26 Å². The van der Waals surface area contributed by atoms with Gasteiger partial charge in [-0.1, -0.05) is 50.8 Å². The average Bonchev–Trinajstić information content (AvgIpc) is 2.64. The van der Waals surface area contributed by atoms with Crippen molar-refractivity contribution in [2.75, 3.05) is 7.11 Å². The first-order valence-electron chi connectivity index (χ1n) is 9.00. The molecule has 0 amide bonds. The van der Waals surface area contributed by atoms with Crippen LogP contribution < -0.4 is 4.74 Å². The monoisotopic (exact) mass is 377 g/mol. The minimum absolute atomic E-state index is 0.0502. The van der Waals surface area contributed by atoms with Gasteiger partial charge in [0.25, 0.3) is 0 Å². The van der Waals surface area contributed by atoms with E-state index >= 15 is 0 Å². The molecule has 2 aromatic carbocycles. The van der Waals surface area contributed by atoms with Crippen LogP contribution in [-0.2, 0) is 4.43 Å². The molecule has 0 spiro atoms. The molecule has 0 saturated carbocycles. The summed E-state index contributed by atoms with van der Waals surface area (Å²) in [5.74, 6) is 7.26. The SMILES string of the molecule is COc1ccc(C#CC(O[Si](C)(C)C(C)(C)C)c2ccccc2C#N)cc1. The van der Waals surface area contributed by atoms with Crippen molar-refractivity contribution in [1.82, 2.24) is 0 Å². The Bertz CT molecular complexity index is 878. The van der Waals surface area contributed by atoms with Gasteiger partial charge in [0.2, 0.25) is 0 Å². The van der Waals surface area contributed by atoms with Crippen molar-refractivity contribution in [1.29, 1.82) is 5.26 Å². The molecular formula is C23H27NO2Si. The molecule has 0 aliphatic heterocycles. The Hall–Kier alpha value is -2.53. The molecule has 27 heavy (non-hydrogen) atoms. The molecule has 0 aliphatic carbocycles. The molecule has 0 heterocycles. The summed E-state index contributed by atoms with van der Waals surface area (Å²) in [6, 6.07) is 17.4. The first kappa shape index (κ1) is 20.8. The highest BCUT2D eigenvalue weighted by atomic mass is 28.4. The maximum atomic E-state index is 9.51. The van der Waals surface area contributed by atoms with Crippen molar-refractivity contribution in [2.45, 2.75) is 45.0 Å². The fraction of sp³-hybridized carbons (Fsp3) is 0.348. The summed E-state index contributed by atoms with van der Waals surface area (Å²) < 4.78 is 11.8. The van der Waals surface area contributed by atoms with Crippen LogP contribution in [0.2, 0.25) is 18.1 Å². The molecule has 0 saturated heterocycles. The van der Waals surface area contributed by atoms with Crippen molar-refractivity contribution in [3.05, 3.63) is 65.2 Å². The molecule has 0 bridgehead atoms. The lowest BCUT2D eigenvalue weighted by Gasteiger charge is -2.38. The maximum Gasteiger partial charge on any atom is 0.194 e. The topological polar surface area (TPSA) is 42.2 Å². The zero-order valence-electron chi connectivity index (χ0n) is 17.0. The second kappa shape index (κ2) is 8.44. The van der Waals surface area contributed by atoms with E-state index in [2.05, 4.69) is 51.8 Å². The second-order valence-electron chi connectivity index (χ2n) is 7.96. The Morgan fingerprint density at radius 2 is 1.63 bits per heavy atom. The number of benzene rings is 2. The van der Waals surface area contributed by atoms with Crippen LogP contribution in [0.3, 0.4) is 0 Å². The molecule has 2 aromatic rings. The standard InChI is InChI=1S/C23H27NO2Si/c1-23(2,3)27(5,6)26-22(21-10-8-7-9-19(21)17-24)16-13-18-11-14-20(25-4)15-12-18/h7-12,14-15,22H,1-6H3. The molecule has 0 aromatic heterocycles. The van der Waals surface area contributed by atoms with Gasteiger partial charge in [-0.15, -0.1) is 0 Å². The van der Waals surface area contributed by atoms with Crippen LogP contribution in [0.15, 0.2) is 48.5 Å². The fourth-order valence-electron chi connectivity index (χ4n) is 2.29. The van der Waals surface area contributed by atoms with Gasteiger partial charge in [0.15, 0.2) is 8.32 Å². The van der Waals surface area contributed by atoms with E-state index in [0.717, 1.165) is 16.9 Å². The highest BCUT2D eigenvalue weighted by molar-refractivity contribution is 6.74. The largest absolute Gasteiger partial charge is 0.497 e. The average molecular weight is 378 g/mol. The Labute approximate surface area is 164 Å². The number of hydrogen-bond donors (Lipinski definition) is 0. The lowest BCUT2D eigenvalue weighted by atomic mass is 10.0. The highest BCUT2D eigenvalue weighted by Crippen LogP contribution is 2.40. The smallest absolute Gasteiger partial charge is 0.194 e. The van der Waals surface area contributed by atoms with Gasteiger partial charge in [0, 0.05) is 11.1 Å². The lowest BCUT2D eigenvalue weighted by molar-refractivity contribution is 0.238. The summed E-state index contributed by atoms with van der Waals surface area (Å²) in [4.78, 5) is 0. The van der Waals surface area contributed by atoms with Crippen molar-refractivity contribution >= 4 is 8.32 Å². The normalized spacial score (nSPS) is 12.5. The van der Waals surface area contributed by atoms with Crippen molar-refractivity contribution < 1.29 is 9.16 Å². The Balaban J connectivity index is 2.44. The van der Waals surface area contributed by atoms with Crippen LogP contribution in [0.25, 0.3) is 0 Å². The summed E-state index contributed by atoms with van der Waals surface area (Å²) in [6.45, 7) is 11.0. The Morgan fingerprint density at radius 1 is 1.00 bits per heavy atom. The number of rotatable bonds is 4. The molecule has 1 atom stereocenters. The Morgan fingerprint density at radius 3 is 2.19 bits per heavy atom. The van der Waals surface area contributed by atoms with Crippen LogP contribution >= 0.6 is 0 Å². The molecular weight excluding hydrogens is 350 g/mol. The summed E-state index contributed by atoms with van der Waals surface area (Å²) >= 11 is 0. The van der Waals surface area contributed by atoms with Gasteiger partial charge in [-0.2, -0.15) is 5.26 Å². The summed E-state index contributed by atoms with van der Waals surface area (Å²) in [5.41, 5.74) is 2.31. The van der Waals surface area contributed by atoms with E-state index in [1.807, 2.05) is 48.5 Å². The van der Waals surface area contributed by atoms with Crippen molar-refractivity contribution in [2.24, 2.45) is 0 Å². The maximum absolute atomic E-state index is 9.51. The zero-order chi connectivity index (χ0) is 20.1. The van der Waals surface area contributed by atoms with Gasteiger partial charge in [-0.3, -0.25) is 0 Å². The van der Waals surface area contributed by atoms with E-state index in [1.54, 1.807) is 7.11 Å². The number of nitrogens with zero attached hydrogens (tertiary/aromatic N) is 1. The van der Waals surface area contributed by atoms with Crippen molar-refractivity contribution in [3.63, 3.8) is 0 Å². The predicted molar refractivity (Wildman–Crippen MR) is 112 cm³/mol. The quantitative estimate of drug-likeness (QED) is 0.508. The molecule has 0 N–H and O–H groups in total. The zero-order valence-corrected chi connectivity index (χ0v) is 18.0.